The zero-order valence-corrected chi connectivity index (χ0v) is 13.0. The molecule has 0 amide bonds. The molecule has 20 heavy (non-hydrogen) atoms. The lowest BCUT2D eigenvalue weighted by atomic mass is 10.2. The van der Waals surface area contributed by atoms with E-state index in [1.165, 1.54) is 4.31 Å². The average molecular weight is 302 g/mol. The van der Waals surface area contributed by atoms with Crippen molar-refractivity contribution in [2.24, 2.45) is 0 Å². The molecule has 2 rings (SSSR count). The SMILES string of the molecule is CCNCc1c(S(=O)(=O)N2CCOCC2C)n[nH]c1C. The van der Waals surface area contributed by atoms with E-state index < -0.39 is 10.0 Å². The summed E-state index contributed by atoms with van der Waals surface area (Å²) in [7, 11) is -3.58. The number of nitrogens with zero attached hydrogens (tertiary/aromatic N) is 2. The molecule has 7 nitrogen and oxygen atoms in total. The number of H-pyrrole nitrogens is 1. The number of hydrogen-bond donors (Lipinski definition) is 2. The van der Waals surface area contributed by atoms with Gasteiger partial charge in [0.2, 0.25) is 0 Å². The molecule has 1 aromatic heterocycles. The minimum atomic E-state index is -3.58. The molecule has 1 unspecified atom stereocenters. The Morgan fingerprint density at radius 3 is 2.95 bits per heavy atom. The van der Waals surface area contributed by atoms with Crippen LogP contribution in [0.25, 0.3) is 0 Å². The summed E-state index contributed by atoms with van der Waals surface area (Å²) >= 11 is 0. The highest BCUT2D eigenvalue weighted by atomic mass is 32.2. The lowest BCUT2D eigenvalue weighted by Gasteiger charge is -2.31. The quantitative estimate of drug-likeness (QED) is 0.813. The van der Waals surface area contributed by atoms with E-state index in [0.717, 1.165) is 12.2 Å². The molecule has 1 fully saturated rings. The summed E-state index contributed by atoms with van der Waals surface area (Å²) in [4.78, 5) is 0. The van der Waals surface area contributed by atoms with Gasteiger partial charge in [0.25, 0.3) is 10.0 Å². The van der Waals surface area contributed by atoms with Crippen molar-refractivity contribution >= 4 is 10.0 Å². The van der Waals surface area contributed by atoms with Gasteiger partial charge >= 0.3 is 0 Å². The molecule has 2 heterocycles. The van der Waals surface area contributed by atoms with Gasteiger partial charge in [-0.15, -0.1) is 0 Å². The van der Waals surface area contributed by atoms with Crippen molar-refractivity contribution < 1.29 is 13.2 Å². The zero-order chi connectivity index (χ0) is 14.8. The largest absolute Gasteiger partial charge is 0.378 e. The van der Waals surface area contributed by atoms with Gasteiger partial charge in [-0.05, 0) is 20.4 Å². The molecule has 0 bridgehead atoms. The van der Waals surface area contributed by atoms with Gasteiger partial charge in [-0.3, -0.25) is 5.10 Å². The van der Waals surface area contributed by atoms with Crippen LogP contribution in [0.5, 0.6) is 0 Å². The number of morpholine rings is 1. The van der Waals surface area contributed by atoms with Crippen LogP contribution in [-0.2, 0) is 21.3 Å². The van der Waals surface area contributed by atoms with Crippen LogP contribution >= 0.6 is 0 Å². The molecular weight excluding hydrogens is 280 g/mol. The van der Waals surface area contributed by atoms with Crippen molar-refractivity contribution in [3.8, 4) is 0 Å². The second-order valence-corrected chi connectivity index (χ2v) is 6.76. The van der Waals surface area contributed by atoms with Crippen LogP contribution in [-0.4, -0.2) is 55.3 Å². The number of aryl methyl sites for hydroxylation is 1. The first kappa shape index (κ1) is 15.4. The van der Waals surface area contributed by atoms with Crippen molar-refractivity contribution in [3.63, 3.8) is 0 Å². The van der Waals surface area contributed by atoms with Crippen LogP contribution in [0.15, 0.2) is 5.03 Å². The predicted octanol–water partition coefficient (Wildman–Crippen LogP) is 0.237. The summed E-state index contributed by atoms with van der Waals surface area (Å²) in [6.07, 6.45) is 0. The fourth-order valence-electron chi connectivity index (χ4n) is 2.28. The number of rotatable bonds is 5. The third-order valence-corrected chi connectivity index (χ3v) is 5.43. The van der Waals surface area contributed by atoms with Crippen molar-refractivity contribution in [2.45, 2.75) is 38.4 Å². The molecule has 0 radical (unpaired) electrons. The molecule has 2 N–H and O–H groups in total. The van der Waals surface area contributed by atoms with Crippen molar-refractivity contribution in [2.75, 3.05) is 26.3 Å². The maximum Gasteiger partial charge on any atom is 0.263 e. The van der Waals surface area contributed by atoms with Crippen LogP contribution < -0.4 is 5.32 Å². The molecule has 0 aliphatic carbocycles. The topological polar surface area (TPSA) is 87.3 Å². The van der Waals surface area contributed by atoms with Crippen LogP contribution in [0.2, 0.25) is 0 Å². The normalized spacial score (nSPS) is 21.2. The molecule has 1 aliphatic rings. The maximum atomic E-state index is 12.8. The molecule has 0 aromatic carbocycles. The van der Waals surface area contributed by atoms with Crippen LogP contribution in [0.1, 0.15) is 25.1 Å². The van der Waals surface area contributed by atoms with Gasteiger partial charge in [0.1, 0.15) is 0 Å². The highest BCUT2D eigenvalue weighted by Gasteiger charge is 2.35. The van der Waals surface area contributed by atoms with Crippen molar-refractivity contribution in [1.82, 2.24) is 19.8 Å². The highest BCUT2D eigenvalue weighted by Crippen LogP contribution is 2.23. The fraction of sp³-hybridized carbons (Fsp3) is 0.750. The standard InChI is InChI=1S/C12H22N4O3S/c1-4-13-7-11-10(3)14-15-12(11)20(17,18)16-5-6-19-8-9(16)2/h9,13H,4-8H2,1-3H3,(H,14,15). The monoisotopic (exact) mass is 302 g/mol. The first-order chi connectivity index (χ1) is 9.48. The van der Waals surface area contributed by atoms with E-state index in [0.29, 0.717) is 31.9 Å². The predicted molar refractivity (Wildman–Crippen MR) is 74.9 cm³/mol. The third-order valence-electron chi connectivity index (χ3n) is 3.45. The zero-order valence-electron chi connectivity index (χ0n) is 12.1. The Labute approximate surface area is 119 Å². The molecule has 1 aliphatic heterocycles. The summed E-state index contributed by atoms with van der Waals surface area (Å²) in [5, 5.41) is 10.1. The Kier molecular flexibility index (Phi) is 4.79. The van der Waals surface area contributed by atoms with Gasteiger partial charge in [-0.25, -0.2) is 8.42 Å². The van der Waals surface area contributed by atoms with E-state index in [1.54, 1.807) is 0 Å². The minimum Gasteiger partial charge on any atom is -0.378 e. The van der Waals surface area contributed by atoms with Gasteiger partial charge < -0.3 is 10.1 Å². The average Bonchev–Trinajstić information content (AvgIpc) is 2.78. The molecule has 114 valence electrons. The van der Waals surface area contributed by atoms with Crippen molar-refractivity contribution in [3.05, 3.63) is 11.3 Å². The van der Waals surface area contributed by atoms with Crippen LogP contribution in [0.4, 0.5) is 0 Å². The summed E-state index contributed by atoms with van der Waals surface area (Å²) in [6, 6.07) is -0.169. The van der Waals surface area contributed by atoms with Gasteiger partial charge in [0.15, 0.2) is 5.03 Å². The fourth-order valence-corrected chi connectivity index (χ4v) is 4.05. The van der Waals surface area contributed by atoms with E-state index >= 15 is 0 Å². The number of sulfonamides is 1. The lowest BCUT2D eigenvalue weighted by Crippen LogP contribution is -2.47. The van der Waals surface area contributed by atoms with E-state index in [4.69, 9.17) is 4.74 Å². The first-order valence-electron chi connectivity index (χ1n) is 6.82. The number of hydrogen-bond acceptors (Lipinski definition) is 5. The second-order valence-electron chi connectivity index (χ2n) is 4.95. The number of ether oxygens (including phenoxy) is 1. The Balaban J connectivity index is 2.33. The van der Waals surface area contributed by atoms with Crippen molar-refractivity contribution in [1.29, 1.82) is 0 Å². The van der Waals surface area contributed by atoms with Crippen LogP contribution in [0, 0.1) is 6.92 Å². The van der Waals surface area contributed by atoms with E-state index in [1.807, 2.05) is 20.8 Å². The van der Waals surface area contributed by atoms with Gasteiger partial charge in [-0.2, -0.15) is 9.40 Å². The highest BCUT2D eigenvalue weighted by molar-refractivity contribution is 7.89. The number of nitrogens with one attached hydrogen (secondary N) is 2. The smallest absolute Gasteiger partial charge is 0.263 e. The number of aromatic nitrogens is 2. The Morgan fingerprint density at radius 2 is 2.30 bits per heavy atom. The summed E-state index contributed by atoms with van der Waals surface area (Å²) < 4.78 is 32.3. The van der Waals surface area contributed by atoms with E-state index in [9.17, 15) is 8.42 Å². The molecule has 0 saturated carbocycles. The lowest BCUT2D eigenvalue weighted by molar-refractivity contribution is 0.0391. The summed E-state index contributed by atoms with van der Waals surface area (Å²) in [5.74, 6) is 0. The van der Waals surface area contributed by atoms with E-state index in [2.05, 4.69) is 15.5 Å². The third kappa shape index (κ3) is 2.88. The van der Waals surface area contributed by atoms with Gasteiger partial charge in [0.05, 0.1) is 13.2 Å². The second kappa shape index (κ2) is 6.21. The maximum absolute atomic E-state index is 12.8. The molecule has 0 spiro atoms. The molecule has 1 atom stereocenters. The summed E-state index contributed by atoms with van der Waals surface area (Å²) in [6.45, 7) is 8.15. The summed E-state index contributed by atoms with van der Waals surface area (Å²) in [5.41, 5.74) is 1.50. The molecule has 1 saturated heterocycles. The molecule has 1 aromatic rings. The van der Waals surface area contributed by atoms with Gasteiger partial charge in [-0.1, -0.05) is 6.92 Å². The molecule has 8 heteroatoms. The number of aromatic amines is 1. The minimum absolute atomic E-state index is 0.129. The first-order valence-corrected chi connectivity index (χ1v) is 8.26. The Hall–Kier alpha value is -0.960. The Bertz CT molecular complexity index is 555. The van der Waals surface area contributed by atoms with Gasteiger partial charge in [0, 0.05) is 30.4 Å². The molecular formula is C12H22N4O3S. The Morgan fingerprint density at radius 1 is 1.55 bits per heavy atom. The van der Waals surface area contributed by atoms with E-state index in [-0.39, 0.29) is 11.1 Å². The van der Waals surface area contributed by atoms with Crippen LogP contribution in [0.3, 0.4) is 0 Å².